The Bertz CT molecular complexity index is 389. The molecule has 2 rings (SSSR count). The Morgan fingerprint density at radius 2 is 2.21 bits per heavy atom. The molecule has 76 valence electrons. The van der Waals surface area contributed by atoms with Crippen LogP contribution in [0.15, 0.2) is 24.3 Å². The molecule has 2 atom stereocenters. The molecule has 14 heavy (non-hydrogen) atoms. The highest BCUT2D eigenvalue weighted by atomic mass is 31.2. The molecule has 1 aromatic carbocycles. The van der Waals surface area contributed by atoms with Gasteiger partial charge in [0.2, 0.25) is 0 Å². The Kier molecular flexibility index (Phi) is 2.38. The van der Waals surface area contributed by atoms with Gasteiger partial charge in [-0.25, -0.2) is 4.57 Å². The summed E-state index contributed by atoms with van der Waals surface area (Å²) in [6.07, 6.45) is 0. The second-order valence-corrected chi connectivity index (χ2v) is 5.56. The lowest BCUT2D eigenvalue weighted by atomic mass is 10.1. The van der Waals surface area contributed by atoms with Crippen molar-refractivity contribution in [3.8, 4) is 5.75 Å². The third-order valence-corrected chi connectivity index (χ3v) is 4.67. The second kappa shape index (κ2) is 3.41. The predicted octanol–water partition coefficient (Wildman–Crippen LogP) is 3.37. The van der Waals surface area contributed by atoms with Gasteiger partial charge in [-0.15, -0.1) is 0 Å². The van der Waals surface area contributed by atoms with Crippen molar-refractivity contribution in [3.05, 3.63) is 29.8 Å². The van der Waals surface area contributed by atoms with Crippen LogP contribution < -0.4 is 4.52 Å². The fourth-order valence-corrected chi connectivity index (χ4v) is 3.40. The van der Waals surface area contributed by atoms with E-state index >= 15 is 0 Å². The number of rotatable bonds is 2. The Balaban J connectivity index is 2.38. The fraction of sp³-hybridized carbons (Fsp3) is 0.400. The van der Waals surface area contributed by atoms with E-state index in [-0.39, 0.29) is 5.66 Å². The fourth-order valence-electron chi connectivity index (χ4n) is 1.61. The van der Waals surface area contributed by atoms with Crippen LogP contribution in [0.4, 0.5) is 0 Å². The lowest BCUT2D eigenvalue weighted by Gasteiger charge is -2.14. The molecule has 1 aromatic rings. The summed E-state index contributed by atoms with van der Waals surface area (Å²) < 4.78 is 22.8. The van der Waals surface area contributed by atoms with Gasteiger partial charge in [0, 0.05) is 5.56 Å². The second-order valence-electron chi connectivity index (χ2n) is 3.26. The molecule has 0 spiro atoms. The lowest BCUT2D eigenvalue weighted by Crippen LogP contribution is -1.96. The van der Waals surface area contributed by atoms with Crippen molar-refractivity contribution in [1.29, 1.82) is 0 Å². The van der Waals surface area contributed by atoms with Crippen molar-refractivity contribution in [2.45, 2.75) is 19.5 Å². The third kappa shape index (κ3) is 1.37. The van der Waals surface area contributed by atoms with Gasteiger partial charge in [0.15, 0.2) is 0 Å². The van der Waals surface area contributed by atoms with E-state index in [1.165, 1.54) is 0 Å². The van der Waals surface area contributed by atoms with Crippen molar-refractivity contribution in [3.63, 3.8) is 0 Å². The van der Waals surface area contributed by atoms with E-state index in [4.69, 9.17) is 9.05 Å². The Morgan fingerprint density at radius 1 is 1.50 bits per heavy atom. The van der Waals surface area contributed by atoms with E-state index in [9.17, 15) is 4.57 Å². The summed E-state index contributed by atoms with van der Waals surface area (Å²) in [7, 11) is -2.94. The molecule has 1 aliphatic rings. The summed E-state index contributed by atoms with van der Waals surface area (Å²) in [6.45, 7) is 4.11. The standard InChI is InChI=1S/C10H13O3P/c1-3-12-14(11)8(2)9-6-4-5-7-10(9)13-14/h4-8H,3H2,1-2H3. The Hall–Kier alpha value is -0.790. The topological polar surface area (TPSA) is 35.5 Å². The number of para-hydroxylation sites is 1. The average Bonchev–Trinajstić information content (AvgIpc) is 2.41. The van der Waals surface area contributed by atoms with Crippen molar-refractivity contribution in [2.75, 3.05) is 6.61 Å². The molecule has 1 aliphatic heterocycles. The van der Waals surface area contributed by atoms with Crippen LogP contribution >= 0.6 is 7.60 Å². The first-order valence-electron chi connectivity index (χ1n) is 4.70. The van der Waals surface area contributed by atoms with Crippen molar-refractivity contribution < 1.29 is 13.6 Å². The van der Waals surface area contributed by atoms with Crippen LogP contribution in [0, 0.1) is 0 Å². The number of hydrogen-bond donors (Lipinski definition) is 0. The quantitative estimate of drug-likeness (QED) is 0.705. The number of hydrogen-bond acceptors (Lipinski definition) is 3. The van der Waals surface area contributed by atoms with E-state index in [0.717, 1.165) is 5.56 Å². The average molecular weight is 212 g/mol. The summed E-state index contributed by atoms with van der Waals surface area (Å²) in [5.74, 6) is 0.691. The molecular formula is C10H13O3P. The van der Waals surface area contributed by atoms with Crippen LogP contribution in [-0.2, 0) is 9.09 Å². The lowest BCUT2D eigenvalue weighted by molar-refractivity contribution is 0.281. The van der Waals surface area contributed by atoms with Gasteiger partial charge >= 0.3 is 7.60 Å². The van der Waals surface area contributed by atoms with E-state index in [1.807, 2.05) is 38.1 Å². The summed E-state index contributed by atoms with van der Waals surface area (Å²) in [6, 6.07) is 7.54. The largest absolute Gasteiger partial charge is 0.424 e. The summed E-state index contributed by atoms with van der Waals surface area (Å²) >= 11 is 0. The third-order valence-electron chi connectivity index (χ3n) is 2.38. The highest BCUT2D eigenvalue weighted by Gasteiger charge is 2.42. The van der Waals surface area contributed by atoms with Crippen molar-refractivity contribution in [2.24, 2.45) is 0 Å². The predicted molar refractivity (Wildman–Crippen MR) is 54.7 cm³/mol. The molecule has 0 fully saturated rings. The molecule has 0 aliphatic carbocycles. The van der Waals surface area contributed by atoms with Gasteiger partial charge in [0.25, 0.3) is 0 Å². The molecule has 3 nitrogen and oxygen atoms in total. The molecule has 4 heteroatoms. The molecule has 0 radical (unpaired) electrons. The molecule has 0 saturated heterocycles. The monoisotopic (exact) mass is 212 g/mol. The van der Waals surface area contributed by atoms with Gasteiger partial charge in [-0.1, -0.05) is 18.2 Å². The Labute approximate surface area is 83.6 Å². The van der Waals surface area contributed by atoms with Gasteiger partial charge in [-0.05, 0) is 19.9 Å². The first-order chi connectivity index (χ1) is 6.67. The minimum absolute atomic E-state index is 0.154. The smallest absolute Gasteiger partial charge is 0.386 e. The minimum atomic E-state index is -2.94. The minimum Gasteiger partial charge on any atom is -0.424 e. The van der Waals surface area contributed by atoms with E-state index in [1.54, 1.807) is 0 Å². The zero-order valence-electron chi connectivity index (χ0n) is 8.27. The molecule has 0 bridgehead atoms. The molecule has 2 unspecified atom stereocenters. The molecular weight excluding hydrogens is 199 g/mol. The normalized spacial score (nSPS) is 29.7. The van der Waals surface area contributed by atoms with Gasteiger partial charge in [0.05, 0.1) is 12.3 Å². The SMILES string of the molecule is CCOP1(=O)Oc2ccccc2C1C. The maximum atomic E-state index is 12.2. The number of benzene rings is 1. The molecule has 0 N–H and O–H groups in total. The molecule has 0 saturated carbocycles. The van der Waals surface area contributed by atoms with Gasteiger partial charge in [-0.3, -0.25) is 4.52 Å². The number of fused-ring (bicyclic) bond motifs is 1. The van der Waals surface area contributed by atoms with E-state index in [2.05, 4.69) is 0 Å². The summed E-state index contributed by atoms with van der Waals surface area (Å²) in [5.41, 5.74) is 0.822. The molecule has 0 aromatic heterocycles. The highest BCUT2D eigenvalue weighted by Crippen LogP contribution is 2.67. The van der Waals surface area contributed by atoms with Gasteiger partial charge < -0.3 is 4.52 Å². The summed E-state index contributed by atoms with van der Waals surface area (Å²) in [5, 5.41) is 0. The maximum Gasteiger partial charge on any atom is 0.386 e. The maximum absolute atomic E-state index is 12.2. The first kappa shape index (κ1) is 9.75. The van der Waals surface area contributed by atoms with Crippen molar-refractivity contribution >= 4 is 7.60 Å². The van der Waals surface area contributed by atoms with Crippen LogP contribution in [0.2, 0.25) is 0 Å². The summed E-state index contributed by atoms with van der Waals surface area (Å²) in [4.78, 5) is 0. The Morgan fingerprint density at radius 3 is 2.86 bits per heavy atom. The zero-order chi connectivity index (χ0) is 10.2. The van der Waals surface area contributed by atoms with Crippen molar-refractivity contribution in [1.82, 2.24) is 0 Å². The van der Waals surface area contributed by atoms with Crippen LogP contribution in [0.5, 0.6) is 5.75 Å². The van der Waals surface area contributed by atoms with Gasteiger partial charge in [-0.2, -0.15) is 0 Å². The zero-order valence-corrected chi connectivity index (χ0v) is 9.16. The van der Waals surface area contributed by atoms with Crippen LogP contribution in [0.1, 0.15) is 25.1 Å². The van der Waals surface area contributed by atoms with Crippen LogP contribution in [0.25, 0.3) is 0 Å². The van der Waals surface area contributed by atoms with E-state index in [0.29, 0.717) is 12.4 Å². The first-order valence-corrected chi connectivity index (χ1v) is 6.31. The molecule has 1 heterocycles. The van der Waals surface area contributed by atoms with E-state index < -0.39 is 7.60 Å². The highest BCUT2D eigenvalue weighted by molar-refractivity contribution is 7.55. The van der Waals surface area contributed by atoms with Gasteiger partial charge in [0.1, 0.15) is 5.75 Å². The van der Waals surface area contributed by atoms with Crippen LogP contribution in [0.3, 0.4) is 0 Å². The van der Waals surface area contributed by atoms with Crippen LogP contribution in [-0.4, -0.2) is 6.61 Å². The molecule has 0 amide bonds.